The average molecular weight is 632 g/mol. The van der Waals surface area contributed by atoms with Crippen molar-refractivity contribution in [3.8, 4) is 5.75 Å². The third-order valence-electron chi connectivity index (χ3n) is 5.28. The van der Waals surface area contributed by atoms with Crippen molar-refractivity contribution in [1.29, 1.82) is 0 Å². The number of hydrogen-bond donors (Lipinski definition) is 1. The van der Waals surface area contributed by atoms with Crippen LogP contribution in [0.4, 0.5) is 16.2 Å². The van der Waals surface area contributed by atoms with Gasteiger partial charge in [0.05, 0.1) is 20.8 Å². The number of benzene rings is 3. The van der Waals surface area contributed by atoms with Gasteiger partial charge < -0.3 is 9.50 Å². The fraction of sp³-hybridized carbons (Fsp3) is 0.0800. The van der Waals surface area contributed by atoms with E-state index in [1.54, 1.807) is 0 Å². The number of amides is 3. The Morgan fingerprint density at radius 3 is 2.36 bits per heavy atom. The highest BCUT2D eigenvalue weighted by Crippen LogP contribution is 2.35. The first-order valence-corrected chi connectivity index (χ1v) is 14.0. The van der Waals surface area contributed by atoms with Crippen molar-refractivity contribution in [2.75, 3.05) is 5.32 Å². The zero-order valence-electron chi connectivity index (χ0n) is 20.0. The van der Waals surface area contributed by atoms with E-state index in [2.05, 4.69) is 21.2 Å². The number of nitro groups is 1. The molecule has 3 aromatic carbocycles. The van der Waals surface area contributed by atoms with E-state index in [4.69, 9.17) is 4.18 Å². The molecule has 1 aliphatic rings. The molecule has 0 radical (unpaired) electrons. The summed E-state index contributed by atoms with van der Waals surface area (Å²) in [4.78, 5) is 47.8. The molecular weight excluding hydrogens is 614 g/mol. The lowest BCUT2D eigenvalue weighted by atomic mass is 10.2. The lowest BCUT2D eigenvalue weighted by Gasteiger charge is -2.12. The predicted octanol–water partition coefficient (Wildman–Crippen LogP) is 5.32. The molecule has 4 rings (SSSR count). The van der Waals surface area contributed by atoms with Crippen LogP contribution in [0.2, 0.25) is 0 Å². The highest BCUT2D eigenvalue weighted by Gasteiger charge is 2.35. The van der Waals surface area contributed by atoms with Crippen molar-refractivity contribution in [3.05, 3.63) is 97.3 Å². The smallest absolute Gasteiger partial charge is 0.339 e. The maximum absolute atomic E-state index is 12.8. The molecule has 0 aromatic heterocycles. The van der Waals surface area contributed by atoms with Crippen LogP contribution in [0.5, 0.6) is 5.75 Å². The minimum atomic E-state index is -4.18. The highest BCUT2D eigenvalue weighted by atomic mass is 79.9. The Morgan fingerprint density at radius 2 is 1.77 bits per heavy atom. The summed E-state index contributed by atoms with van der Waals surface area (Å²) in [5.41, 5.74) is 1.40. The van der Waals surface area contributed by atoms with Crippen molar-refractivity contribution in [2.24, 2.45) is 0 Å². The lowest BCUT2D eigenvalue weighted by Crippen LogP contribution is -2.27. The molecule has 11 nitrogen and oxygen atoms in total. The number of hydrogen-bond acceptors (Lipinski definition) is 9. The molecule has 1 N–H and O–H groups in total. The summed E-state index contributed by atoms with van der Waals surface area (Å²) in [6.45, 7) is 1.29. The molecule has 200 valence electrons. The zero-order chi connectivity index (χ0) is 28.3. The Kier molecular flexibility index (Phi) is 8.18. The highest BCUT2D eigenvalue weighted by molar-refractivity contribution is 9.10. The fourth-order valence-corrected chi connectivity index (χ4v) is 5.81. The molecule has 1 saturated heterocycles. The zero-order valence-corrected chi connectivity index (χ0v) is 23.2. The molecule has 0 spiro atoms. The second kappa shape index (κ2) is 11.4. The van der Waals surface area contributed by atoms with Crippen molar-refractivity contribution in [2.45, 2.75) is 18.4 Å². The van der Waals surface area contributed by atoms with Gasteiger partial charge in [0.2, 0.25) is 5.91 Å². The first-order chi connectivity index (χ1) is 18.4. The van der Waals surface area contributed by atoms with Gasteiger partial charge >= 0.3 is 10.1 Å². The second-order valence-corrected chi connectivity index (χ2v) is 11.5. The number of imide groups is 1. The average Bonchev–Trinajstić information content (AvgIpc) is 3.13. The van der Waals surface area contributed by atoms with Crippen LogP contribution in [0.3, 0.4) is 0 Å². The van der Waals surface area contributed by atoms with E-state index in [1.807, 2.05) is 0 Å². The summed E-state index contributed by atoms with van der Waals surface area (Å²) in [5, 5.41) is 12.9. The van der Waals surface area contributed by atoms with Crippen LogP contribution < -0.4 is 9.50 Å². The summed E-state index contributed by atoms with van der Waals surface area (Å²) in [6, 6.07) is 15.5. The van der Waals surface area contributed by atoms with Gasteiger partial charge in [0, 0.05) is 24.7 Å². The van der Waals surface area contributed by atoms with Gasteiger partial charge in [-0.1, -0.05) is 18.2 Å². The van der Waals surface area contributed by atoms with Gasteiger partial charge in [-0.2, -0.15) is 8.42 Å². The van der Waals surface area contributed by atoms with Crippen LogP contribution in [0.1, 0.15) is 18.1 Å². The third-order valence-corrected chi connectivity index (χ3v) is 8.05. The molecule has 0 unspecified atom stereocenters. The first-order valence-electron chi connectivity index (χ1n) is 11.0. The molecular formula is C25H18BrN3O8S2. The summed E-state index contributed by atoms with van der Waals surface area (Å²) in [6.07, 6.45) is 1.49. The number of nitrogens with zero attached hydrogens (tertiary/aromatic N) is 2. The molecule has 39 heavy (non-hydrogen) atoms. The minimum absolute atomic E-state index is 0.00404. The number of rotatable bonds is 8. The SMILES string of the molecule is CC(=O)Nc1ccc(S(=O)(=O)Oc2ccc(/C=C3\SC(=O)N(Cc4ccc([N+](=O)[O-])cc4)C3=O)cc2Br)cc1. The van der Waals surface area contributed by atoms with Crippen LogP contribution in [-0.2, 0) is 26.3 Å². The summed E-state index contributed by atoms with van der Waals surface area (Å²) >= 11 is 4.02. The largest absolute Gasteiger partial charge is 0.378 e. The molecule has 0 saturated carbocycles. The van der Waals surface area contributed by atoms with Gasteiger partial charge in [-0.15, -0.1) is 0 Å². The number of nitro benzene ring substituents is 1. The quantitative estimate of drug-likeness (QED) is 0.150. The number of halogens is 1. The van der Waals surface area contributed by atoms with E-state index in [1.165, 1.54) is 79.7 Å². The number of thioether (sulfide) groups is 1. The Morgan fingerprint density at radius 1 is 1.10 bits per heavy atom. The Hall–Kier alpha value is -4.01. The fourth-order valence-electron chi connectivity index (χ4n) is 3.44. The normalized spacial score (nSPS) is 14.5. The van der Waals surface area contributed by atoms with Crippen LogP contribution in [-0.4, -0.2) is 35.3 Å². The molecule has 3 amide bonds. The van der Waals surface area contributed by atoms with Crippen molar-refractivity contribution < 1.29 is 31.9 Å². The molecule has 0 aliphatic carbocycles. The monoisotopic (exact) mass is 631 g/mol. The lowest BCUT2D eigenvalue weighted by molar-refractivity contribution is -0.384. The van der Waals surface area contributed by atoms with Gasteiger partial charge in [0.25, 0.3) is 16.8 Å². The van der Waals surface area contributed by atoms with E-state index >= 15 is 0 Å². The summed E-state index contributed by atoms with van der Waals surface area (Å²) in [5.74, 6) is -0.811. The predicted molar refractivity (Wildman–Crippen MR) is 147 cm³/mol. The van der Waals surface area contributed by atoms with Gasteiger partial charge in [-0.3, -0.25) is 29.4 Å². The Balaban J connectivity index is 1.46. The number of anilines is 1. The topological polar surface area (TPSA) is 153 Å². The number of carbonyl (C=O) groups is 3. The number of carbonyl (C=O) groups excluding carboxylic acids is 3. The summed E-state index contributed by atoms with van der Waals surface area (Å²) in [7, 11) is -4.18. The van der Waals surface area contributed by atoms with Gasteiger partial charge in [0.1, 0.15) is 4.90 Å². The molecule has 1 fully saturated rings. The van der Waals surface area contributed by atoms with E-state index in [0.717, 1.165) is 16.7 Å². The van der Waals surface area contributed by atoms with E-state index in [0.29, 0.717) is 21.3 Å². The molecule has 1 heterocycles. The van der Waals surface area contributed by atoms with E-state index < -0.39 is 26.2 Å². The standard InChI is InChI=1S/C25H18BrN3O8S2/c1-15(30)27-18-5-9-20(10-6-18)39(35,36)37-22-11-4-17(12-21(22)26)13-23-24(31)28(25(32)38-23)14-16-2-7-19(8-3-16)29(33)34/h2-13H,14H2,1H3,(H,27,30)/b23-13-. The molecule has 0 bridgehead atoms. The minimum Gasteiger partial charge on any atom is -0.378 e. The summed E-state index contributed by atoms with van der Waals surface area (Å²) < 4.78 is 30.9. The Bertz CT molecular complexity index is 1620. The van der Waals surface area contributed by atoms with E-state index in [-0.39, 0.29) is 33.7 Å². The first kappa shape index (κ1) is 28.0. The van der Waals surface area contributed by atoms with Gasteiger partial charge in [0.15, 0.2) is 5.75 Å². The van der Waals surface area contributed by atoms with Gasteiger partial charge in [-0.25, -0.2) is 0 Å². The van der Waals surface area contributed by atoms with Crippen LogP contribution in [0.15, 0.2) is 81.0 Å². The third kappa shape index (κ3) is 6.71. The maximum Gasteiger partial charge on any atom is 0.339 e. The van der Waals surface area contributed by atoms with Crippen molar-refractivity contribution in [3.63, 3.8) is 0 Å². The van der Waals surface area contributed by atoms with E-state index in [9.17, 15) is 32.9 Å². The number of nitrogens with one attached hydrogen (secondary N) is 1. The molecule has 14 heteroatoms. The molecule has 3 aromatic rings. The molecule has 0 atom stereocenters. The van der Waals surface area contributed by atoms with Crippen molar-refractivity contribution >= 4 is 72.3 Å². The van der Waals surface area contributed by atoms with Crippen molar-refractivity contribution in [1.82, 2.24) is 4.90 Å². The maximum atomic E-state index is 12.8. The van der Waals surface area contributed by atoms with Crippen LogP contribution in [0.25, 0.3) is 6.08 Å². The van der Waals surface area contributed by atoms with Crippen LogP contribution >= 0.6 is 27.7 Å². The Labute approximate surface area is 235 Å². The van der Waals surface area contributed by atoms with Gasteiger partial charge in [-0.05, 0) is 81.3 Å². The number of non-ortho nitro benzene ring substituents is 1. The molecule has 1 aliphatic heterocycles. The van der Waals surface area contributed by atoms with Crippen LogP contribution in [0, 0.1) is 10.1 Å². The second-order valence-electron chi connectivity index (χ2n) is 8.12.